The van der Waals surface area contributed by atoms with E-state index in [1.165, 1.54) is 5.56 Å². The molecule has 0 aliphatic rings. The second kappa shape index (κ2) is 12.4. The Morgan fingerprint density at radius 1 is 1.00 bits per heavy atom. The number of nitrogens with one attached hydrogen (secondary N) is 1. The quantitative estimate of drug-likeness (QED) is 0.553. The van der Waals surface area contributed by atoms with Gasteiger partial charge >= 0.3 is 0 Å². The molecule has 0 saturated heterocycles. The van der Waals surface area contributed by atoms with Gasteiger partial charge in [0.05, 0.1) is 5.75 Å². The van der Waals surface area contributed by atoms with Gasteiger partial charge in [0.15, 0.2) is 0 Å². The van der Waals surface area contributed by atoms with E-state index in [1.54, 1.807) is 16.7 Å². The molecule has 2 atom stereocenters. The lowest BCUT2D eigenvalue weighted by molar-refractivity contribution is -0.139. The Kier molecular flexibility index (Phi) is 9.95. The van der Waals surface area contributed by atoms with Gasteiger partial charge in [-0.2, -0.15) is 0 Å². The highest BCUT2D eigenvalue weighted by molar-refractivity contribution is 7.99. The number of hydrogen-bond donors (Lipinski definition) is 1. The molecule has 0 heterocycles. The first kappa shape index (κ1) is 24.0. The molecule has 2 rings (SSSR count). The van der Waals surface area contributed by atoms with Crippen LogP contribution in [0, 0.1) is 6.92 Å². The summed E-state index contributed by atoms with van der Waals surface area (Å²) in [5, 5.41) is 3.06. The zero-order valence-electron chi connectivity index (χ0n) is 18.6. The molecule has 2 aromatic rings. The fourth-order valence-electron chi connectivity index (χ4n) is 3.28. The van der Waals surface area contributed by atoms with Crippen molar-refractivity contribution in [1.29, 1.82) is 0 Å². The Hall–Kier alpha value is -2.27. The average Bonchev–Trinajstić information content (AvgIpc) is 2.74. The predicted molar refractivity (Wildman–Crippen MR) is 126 cm³/mol. The third-order valence-corrected chi connectivity index (χ3v) is 6.15. The number of aryl methyl sites for hydroxylation is 1. The highest BCUT2D eigenvalue weighted by atomic mass is 32.2. The second-order valence-electron chi connectivity index (χ2n) is 7.73. The molecule has 0 bridgehead atoms. The molecular weight excluding hydrogens is 392 g/mol. The van der Waals surface area contributed by atoms with Crippen molar-refractivity contribution in [2.45, 2.75) is 64.9 Å². The van der Waals surface area contributed by atoms with Crippen LogP contribution >= 0.6 is 11.8 Å². The molecule has 1 N–H and O–H groups in total. The van der Waals surface area contributed by atoms with Gasteiger partial charge in [-0.25, -0.2) is 0 Å². The molecule has 4 nitrogen and oxygen atoms in total. The SMILES string of the molecule is CC[C@H](C(=O)N[C@@H](C)CC)N(Cc1cccc(C)c1)C(=O)CSCc1ccccc1. The lowest BCUT2D eigenvalue weighted by Gasteiger charge is -2.31. The van der Waals surface area contributed by atoms with Crippen molar-refractivity contribution in [1.82, 2.24) is 10.2 Å². The highest BCUT2D eigenvalue weighted by Crippen LogP contribution is 2.18. The molecule has 0 aliphatic carbocycles. The molecule has 0 fully saturated rings. The summed E-state index contributed by atoms with van der Waals surface area (Å²) in [6.07, 6.45) is 1.45. The summed E-state index contributed by atoms with van der Waals surface area (Å²) in [5.41, 5.74) is 3.39. The Morgan fingerprint density at radius 3 is 2.33 bits per heavy atom. The zero-order valence-corrected chi connectivity index (χ0v) is 19.4. The van der Waals surface area contributed by atoms with Gasteiger partial charge in [0.25, 0.3) is 0 Å². The van der Waals surface area contributed by atoms with E-state index >= 15 is 0 Å². The smallest absolute Gasteiger partial charge is 0.243 e. The number of thioether (sulfide) groups is 1. The van der Waals surface area contributed by atoms with Crippen molar-refractivity contribution in [2.75, 3.05) is 5.75 Å². The van der Waals surface area contributed by atoms with E-state index < -0.39 is 6.04 Å². The largest absolute Gasteiger partial charge is 0.352 e. The summed E-state index contributed by atoms with van der Waals surface area (Å²) in [7, 11) is 0. The Balaban J connectivity index is 2.13. The van der Waals surface area contributed by atoms with Crippen LogP contribution in [0.2, 0.25) is 0 Å². The van der Waals surface area contributed by atoms with Gasteiger partial charge in [-0.3, -0.25) is 9.59 Å². The van der Waals surface area contributed by atoms with Crippen LogP contribution in [0.5, 0.6) is 0 Å². The van der Waals surface area contributed by atoms with E-state index in [0.717, 1.165) is 23.3 Å². The van der Waals surface area contributed by atoms with Crippen molar-refractivity contribution < 1.29 is 9.59 Å². The van der Waals surface area contributed by atoms with Crippen LogP contribution in [0.15, 0.2) is 54.6 Å². The molecule has 0 aliphatic heterocycles. The first-order valence-electron chi connectivity index (χ1n) is 10.7. The van der Waals surface area contributed by atoms with Crippen LogP contribution in [-0.2, 0) is 21.9 Å². The number of nitrogens with zero attached hydrogens (tertiary/aromatic N) is 1. The first-order valence-corrected chi connectivity index (χ1v) is 11.9. The molecular formula is C25H34N2O2S. The minimum Gasteiger partial charge on any atom is -0.352 e. The van der Waals surface area contributed by atoms with Crippen molar-refractivity contribution in [3.8, 4) is 0 Å². The Morgan fingerprint density at radius 2 is 1.70 bits per heavy atom. The maximum absolute atomic E-state index is 13.2. The fourth-order valence-corrected chi connectivity index (χ4v) is 4.15. The first-order chi connectivity index (χ1) is 14.4. The Labute approximate surface area is 185 Å². The molecule has 0 saturated carbocycles. The molecule has 5 heteroatoms. The average molecular weight is 427 g/mol. The predicted octanol–water partition coefficient (Wildman–Crippen LogP) is 4.95. The van der Waals surface area contributed by atoms with Gasteiger partial charge < -0.3 is 10.2 Å². The van der Waals surface area contributed by atoms with Gasteiger partial charge in [0.1, 0.15) is 6.04 Å². The van der Waals surface area contributed by atoms with Gasteiger partial charge in [-0.05, 0) is 37.8 Å². The van der Waals surface area contributed by atoms with Gasteiger partial charge in [0.2, 0.25) is 11.8 Å². The normalized spacial score (nSPS) is 12.8. The van der Waals surface area contributed by atoms with Crippen LogP contribution in [-0.4, -0.2) is 34.6 Å². The molecule has 0 spiro atoms. The zero-order chi connectivity index (χ0) is 21.9. The van der Waals surface area contributed by atoms with Crippen LogP contribution in [0.3, 0.4) is 0 Å². The molecule has 30 heavy (non-hydrogen) atoms. The van der Waals surface area contributed by atoms with Crippen molar-refractivity contribution in [3.63, 3.8) is 0 Å². The standard InChI is InChI=1S/C25H34N2O2S/c1-5-20(4)26-25(29)23(6-2)27(16-22-14-10-11-19(3)15-22)24(28)18-30-17-21-12-8-7-9-13-21/h7-15,20,23H,5-6,16-18H2,1-4H3,(H,26,29)/t20-,23+/m0/s1. The number of hydrogen-bond acceptors (Lipinski definition) is 3. The third kappa shape index (κ3) is 7.52. The van der Waals surface area contributed by atoms with Crippen molar-refractivity contribution >= 4 is 23.6 Å². The van der Waals surface area contributed by atoms with Crippen LogP contribution < -0.4 is 5.32 Å². The molecule has 162 valence electrons. The lowest BCUT2D eigenvalue weighted by atomic mass is 10.1. The fraction of sp³-hybridized carbons (Fsp3) is 0.440. The van der Waals surface area contributed by atoms with E-state index in [-0.39, 0.29) is 17.9 Å². The number of amides is 2. The topological polar surface area (TPSA) is 49.4 Å². The molecule has 2 amide bonds. The summed E-state index contributed by atoms with van der Waals surface area (Å²) in [6, 6.07) is 17.9. The monoisotopic (exact) mass is 426 g/mol. The molecule has 0 radical (unpaired) electrons. The summed E-state index contributed by atoms with van der Waals surface area (Å²) >= 11 is 1.59. The van der Waals surface area contributed by atoms with Crippen LogP contribution in [0.25, 0.3) is 0 Å². The number of carbonyl (C=O) groups is 2. The van der Waals surface area contributed by atoms with E-state index in [2.05, 4.69) is 23.5 Å². The van der Waals surface area contributed by atoms with Gasteiger partial charge in [0, 0.05) is 18.3 Å². The third-order valence-electron chi connectivity index (χ3n) is 5.16. The number of carbonyl (C=O) groups excluding carboxylic acids is 2. The molecule has 2 aromatic carbocycles. The summed E-state index contributed by atoms with van der Waals surface area (Å²) < 4.78 is 0. The Bertz CT molecular complexity index is 810. The van der Waals surface area contributed by atoms with E-state index in [4.69, 9.17) is 0 Å². The number of rotatable bonds is 11. The maximum Gasteiger partial charge on any atom is 0.243 e. The second-order valence-corrected chi connectivity index (χ2v) is 8.72. The van der Waals surface area contributed by atoms with Crippen LogP contribution in [0.4, 0.5) is 0 Å². The molecule has 0 unspecified atom stereocenters. The minimum absolute atomic E-state index is 0.00332. The lowest BCUT2D eigenvalue weighted by Crippen LogP contribution is -2.51. The van der Waals surface area contributed by atoms with Crippen LogP contribution in [0.1, 0.15) is 50.3 Å². The summed E-state index contributed by atoms with van der Waals surface area (Å²) in [6.45, 7) is 8.49. The maximum atomic E-state index is 13.2. The minimum atomic E-state index is -0.468. The highest BCUT2D eigenvalue weighted by Gasteiger charge is 2.29. The van der Waals surface area contributed by atoms with E-state index in [1.807, 2.05) is 64.1 Å². The van der Waals surface area contributed by atoms with Crippen molar-refractivity contribution in [2.24, 2.45) is 0 Å². The van der Waals surface area contributed by atoms with Gasteiger partial charge in [-0.1, -0.05) is 74.0 Å². The molecule has 0 aromatic heterocycles. The van der Waals surface area contributed by atoms with E-state index in [9.17, 15) is 9.59 Å². The number of benzene rings is 2. The summed E-state index contributed by atoms with van der Waals surface area (Å²) in [5.74, 6) is 1.07. The van der Waals surface area contributed by atoms with E-state index in [0.29, 0.717) is 18.7 Å². The summed E-state index contributed by atoms with van der Waals surface area (Å²) in [4.78, 5) is 27.9. The van der Waals surface area contributed by atoms with Gasteiger partial charge in [-0.15, -0.1) is 11.8 Å². The van der Waals surface area contributed by atoms with Crippen molar-refractivity contribution in [3.05, 3.63) is 71.3 Å².